The van der Waals surface area contributed by atoms with E-state index in [0.717, 1.165) is 24.6 Å². The zero-order valence-corrected chi connectivity index (χ0v) is 18.4. The first kappa shape index (κ1) is 21.9. The van der Waals surface area contributed by atoms with Gasteiger partial charge in [-0.05, 0) is 18.2 Å². The van der Waals surface area contributed by atoms with Gasteiger partial charge in [0.15, 0.2) is 11.6 Å². The molecule has 1 atom stereocenters. The number of morpholine rings is 1. The SMILES string of the molecule is C[S+](O)Cc1cc(N2CCOCC2)nc(-c2c#cc(NC(=O)NCc3ncc[nH]3)cc2)n1. The monoisotopic (exact) mass is 454 g/mol. The normalized spacial score (nSPS) is 14.5. The number of H-pyrrole nitrogens is 1. The number of hydrogen-bond donors (Lipinski definition) is 4. The van der Waals surface area contributed by atoms with Crippen LogP contribution in [0.15, 0.2) is 30.6 Å². The fraction of sp³-hybridized carbons (Fsp3) is 0.333. The Balaban J connectivity index is 1.47. The minimum Gasteiger partial charge on any atom is -0.378 e. The van der Waals surface area contributed by atoms with Crippen LogP contribution in [0.3, 0.4) is 0 Å². The van der Waals surface area contributed by atoms with Gasteiger partial charge in [-0.3, -0.25) is 0 Å². The van der Waals surface area contributed by atoms with E-state index in [-0.39, 0.29) is 12.6 Å². The van der Waals surface area contributed by atoms with Gasteiger partial charge in [0.25, 0.3) is 0 Å². The number of carbonyl (C=O) groups excluding carboxylic acids is 1. The summed E-state index contributed by atoms with van der Waals surface area (Å²) in [5.41, 5.74) is 1.88. The Morgan fingerprint density at radius 2 is 2.16 bits per heavy atom. The fourth-order valence-corrected chi connectivity index (χ4v) is 3.74. The minimum absolute atomic E-state index is 0.287. The van der Waals surface area contributed by atoms with Gasteiger partial charge in [-0.2, -0.15) is 4.55 Å². The molecule has 4 rings (SSSR count). The molecule has 1 aliphatic rings. The molecule has 1 saturated heterocycles. The number of urea groups is 1. The third kappa shape index (κ3) is 5.88. The highest BCUT2D eigenvalue weighted by Gasteiger charge is 2.19. The Morgan fingerprint density at radius 3 is 2.84 bits per heavy atom. The van der Waals surface area contributed by atoms with Crippen molar-refractivity contribution in [1.82, 2.24) is 25.3 Å². The second-order valence-corrected chi connectivity index (χ2v) is 8.63. The predicted octanol–water partition coefficient (Wildman–Crippen LogP) is 1.85. The molecular weight excluding hydrogens is 430 g/mol. The summed E-state index contributed by atoms with van der Waals surface area (Å²) in [4.78, 5) is 30.5. The van der Waals surface area contributed by atoms with E-state index in [2.05, 4.69) is 42.6 Å². The van der Waals surface area contributed by atoms with E-state index < -0.39 is 11.2 Å². The van der Waals surface area contributed by atoms with Crippen LogP contribution in [0, 0.1) is 12.1 Å². The lowest BCUT2D eigenvalue weighted by Gasteiger charge is -2.28. The van der Waals surface area contributed by atoms with E-state index in [9.17, 15) is 9.35 Å². The van der Waals surface area contributed by atoms with Crippen LogP contribution in [0.5, 0.6) is 0 Å². The fourth-order valence-electron chi connectivity index (χ4n) is 3.16. The van der Waals surface area contributed by atoms with E-state index in [1.165, 1.54) is 0 Å². The first-order chi connectivity index (χ1) is 15.6. The highest BCUT2D eigenvalue weighted by atomic mass is 32.2. The molecule has 10 nitrogen and oxygen atoms in total. The lowest BCUT2D eigenvalue weighted by molar-refractivity contribution is 0.122. The number of anilines is 2. The molecule has 0 saturated carbocycles. The Morgan fingerprint density at radius 1 is 1.31 bits per heavy atom. The maximum atomic E-state index is 12.1. The number of ether oxygens (including phenoxy) is 1. The molecule has 4 N–H and O–H groups in total. The average molecular weight is 455 g/mol. The van der Waals surface area contributed by atoms with E-state index in [1.807, 2.05) is 6.07 Å². The lowest BCUT2D eigenvalue weighted by atomic mass is 10.2. The molecule has 3 heterocycles. The molecule has 0 radical (unpaired) electrons. The molecule has 166 valence electrons. The molecule has 3 aromatic rings. The highest BCUT2D eigenvalue weighted by molar-refractivity contribution is 7.89. The molecule has 1 fully saturated rings. The number of amides is 2. The molecule has 32 heavy (non-hydrogen) atoms. The third-order valence-corrected chi connectivity index (χ3v) is 5.38. The van der Waals surface area contributed by atoms with Gasteiger partial charge in [-0.25, -0.2) is 19.7 Å². The summed E-state index contributed by atoms with van der Waals surface area (Å²) in [5, 5.41) is 5.42. The first-order valence-electron chi connectivity index (χ1n) is 10.1. The molecule has 1 unspecified atom stereocenters. The van der Waals surface area contributed by atoms with Crippen LogP contribution < -0.4 is 15.5 Å². The maximum Gasteiger partial charge on any atom is 0.320 e. The quantitative estimate of drug-likeness (QED) is 0.401. The van der Waals surface area contributed by atoms with Gasteiger partial charge in [0, 0.05) is 31.5 Å². The van der Waals surface area contributed by atoms with Crippen LogP contribution in [0.2, 0.25) is 0 Å². The summed E-state index contributed by atoms with van der Waals surface area (Å²) in [6, 6.07) is 11.0. The summed E-state index contributed by atoms with van der Waals surface area (Å²) in [7, 11) is 0. The smallest absolute Gasteiger partial charge is 0.320 e. The van der Waals surface area contributed by atoms with Gasteiger partial charge < -0.3 is 25.3 Å². The zero-order chi connectivity index (χ0) is 22.3. The molecule has 11 heteroatoms. The van der Waals surface area contributed by atoms with E-state index >= 15 is 0 Å². The molecule has 2 amide bonds. The first-order valence-corrected chi connectivity index (χ1v) is 11.8. The summed E-state index contributed by atoms with van der Waals surface area (Å²) < 4.78 is 15.3. The van der Waals surface area contributed by atoms with Crippen molar-refractivity contribution in [2.45, 2.75) is 12.3 Å². The van der Waals surface area contributed by atoms with Crippen molar-refractivity contribution in [3.63, 3.8) is 0 Å². The van der Waals surface area contributed by atoms with Gasteiger partial charge in [0.2, 0.25) is 0 Å². The zero-order valence-electron chi connectivity index (χ0n) is 17.6. The van der Waals surface area contributed by atoms with Crippen molar-refractivity contribution in [1.29, 1.82) is 0 Å². The molecular formula is C21H24N7O3S+. The average Bonchev–Trinajstić information content (AvgIpc) is 3.32. The number of aromatic nitrogens is 4. The van der Waals surface area contributed by atoms with Crippen LogP contribution in [-0.2, 0) is 28.2 Å². The van der Waals surface area contributed by atoms with Gasteiger partial charge in [0.1, 0.15) is 29.1 Å². The molecule has 0 spiro atoms. The summed E-state index contributed by atoms with van der Waals surface area (Å²) in [5.74, 6) is 2.41. The van der Waals surface area contributed by atoms with Crippen molar-refractivity contribution < 1.29 is 14.1 Å². The van der Waals surface area contributed by atoms with E-state index in [0.29, 0.717) is 41.9 Å². The number of imidazole rings is 1. The third-order valence-electron chi connectivity index (χ3n) is 4.67. The van der Waals surface area contributed by atoms with Crippen LogP contribution in [-0.4, -0.2) is 63.1 Å². The predicted molar refractivity (Wildman–Crippen MR) is 122 cm³/mol. The summed E-state index contributed by atoms with van der Waals surface area (Å²) >= 11 is -0.781. The second-order valence-electron chi connectivity index (χ2n) is 7.14. The highest BCUT2D eigenvalue weighted by Crippen LogP contribution is 2.22. The minimum atomic E-state index is -0.781. The number of carbonyl (C=O) groups is 1. The van der Waals surface area contributed by atoms with Gasteiger partial charge in [-0.1, -0.05) is 6.07 Å². The maximum absolute atomic E-state index is 12.1. The van der Waals surface area contributed by atoms with Crippen molar-refractivity contribution in [2.24, 2.45) is 0 Å². The number of nitrogens with zero attached hydrogens (tertiary/aromatic N) is 4. The van der Waals surface area contributed by atoms with Crippen LogP contribution >= 0.6 is 0 Å². The Kier molecular flexibility index (Phi) is 7.06. The van der Waals surface area contributed by atoms with Crippen LogP contribution in [0.4, 0.5) is 16.3 Å². The van der Waals surface area contributed by atoms with Crippen LogP contribution in [0.1, 0.15) is 11.5 Å². The Hall–Kier alpha value is -3.33. The van der Waals surface area contributed by atoms with Crippen molar-refractivity contribution >= 4 is 28.7 Å². The van der Waals surface area contributed by atoms with Crippen molar-refractivity contribution in [2.75, 3.05) is 42.8 Å². The number of rotatable bonds is 7. The van der Waals surface area contributed by atoms with Gasteiger partial charge in [0.05, 0.1) is 36.7 Å². The summed E-state index contributed by atoms with van der Waals surface area (Å²) in [6.45, 7) is 3.08. The number of aromatic amines is 1. The standard InChI is InChI=1S/C21H23N7O3S/c1-32(30)14-17-12-19(28-8-10-31-11-9-28)27-20(25-17)15-2-4-16(5-3-15)26-21(29)24-13-18-22-6-7-23-18/h2,4,6-7,12,30H,8-11,13-14H2,1H3,(H2-,22,23,24,25,26,27,29)/p+1. The second kappa shape index (κ2) is 10.3. The molecule has 1 aromatic carbocycles. The number of hydrogen-bond acceptors (Lipinski definition) is 7. The van der Waals surface area contributed by atoms with Gasteiger partial charge in [-0.15, -0.1) is 0 Å². The van der Waals surface area contributed by atoms with Crippen molar-refractivity contribution in [3.8, 4) is 11.4 Å². The van der Waals surface area contributed by atoms with Crippen molar-refractivity contribution in [3.05, 3.63) is 54.2 Å². The number of nitrogens with one attached hydrogen (secondary N) is 3. The van der Waals surface area contributed by atoms with E-state index in [4.69, 9.17) is 9.72 Å². The molecule has 0 bridgehead atoms. The molecule has 1 aliphatic heterocycles. The molecule has 2 aromatic heterocycles. The largest absolute Gasteiger partial charge is 0.378 e. The lowest BCUT2D eigenvalue weighted by Crippen LogP contribution is -2.37. The Bertz CT molecular complexity index is 1020. The van der Waals surface area contributed by atoms with Gasteiger partial charge >= 0.3 is 6.03 Å². The van der Waals surface area contributed by atoms with E-state index in [1.54, 1.807) is 30.8 Å². The van der Waals surface area contributed by atoms with Crippen LogP contribution in [0.25, 0.3) is 11.4 Å². The summed E-state index contributed by atoms with van der Waals surface area (Å²) in [6.07, 6.45) is 5.08. The topological polar surface area (TPSA) is 128 Å². The Labute approximate surface area is 189 Å². The molecule has 0 aliphatic carbocycles.